The highest BCUT2D eigenvalue weighted by atomic mass is 15.2. The van der Waals surface area contributed by atoms with Gasteiger partial charge >= 0.3 is 0 Å². The van der Waals surface area contributed by atoms with Gasteiger partial charge in [-0.25, -0.2) is 0 Å². The van der Waals surface area contributed by atoms with Gasteiger partial charge in [-0.15, -0.1) is 0 Å². The van der Waals surface area contributed by atoms with Crippen LogP contribution in [0.1, 0.15) is 48.0 Å². The normalized spacial score (nSPS) is 19.1. The third kappa shape index (κ3) is 3.97. The Morgan fingerprint density at radius 1 is 0.667 bits per heavy atom. The van der Waals surface area contributed by atoms with Crippen LogP contribution >= 0.6 is 0 Å². The van der Waals surface area contributed by atoms with Crippen LogP contribution in [0.2, 0.25) is 0 Å². The first-order valence-electron chi connectivity index (χ1n) is 10.0. The molecule has 1 fully saturated rings. The van der Waals surface area contributed by atoms with Gasteiger partial charge in [0.2, 0.25) is 0 Å². The van der Waals surface area contributed by atoms with Gasteiger partial charge in [-0.1, -0.05) is 97.4 Å². The lowest BCUT2D eigenvalue weighted by Crippen LogP contribution is -2.48. The number of nitrogens with zero attached hydrogens (tertiary/aromatic N) is 1. The van der Waals surface area contributed by atoms with E-state index in [1.807, 2.05) is 0 Å². The summed E-state index contributed by atoms with van der Waals surface area (Å²) >= 11 is 0. The number of piperidine rings is 1. The second-order valence-electron chi connectivity index (χ2n) is 7.46. The van der Waals surface area contributed by atoms with Crippen LogP contribution in [0, 0.1) is 0 Å². The fourth-order valence-corrected chi connectivity index (χ4v) is 4.43. The van der Waals surface area contributed by atoms with Crippen LogP contribution in [0.25, 0.3) is 0 Å². The Hall–Kier alpha value is -2.42. The fraction of sp³-hybridized carbons (Fsp3) is 0.280. The van der Waals surface area contributed by atoms with Crippen molar-refractivity contribution in [1.29, 1.82) is 0 Å². The molecule has 2 N–H and O–H groups in total. The van der Waals surface area contributed by atoms with Gasteiger partial charge in [0.15, 0.2) is 0 Å². The standard InChI is InChI=1S/C25H28N2/c26-24(20-12-4-1-5-13-20)23-18-10-11-19-27(23)25(21-14-6-2-7-15-21)22-16-8-3-9-17-22/h1-9,12-17,23-25H,10-11,18-19,26H2. The van der Waals surface area contributed by atoms with Crippen LogP contribution in [-0.4, -0.2) is 17.5 Å². The van der Waals surface area contributed by atoms with Crippen LogP contribution in [0.4, 0.5) is 0 Å². The molecule has 1 heterocycles. The molecular formula is C25H28N2. The van der Waals surface area contributed by atoms with E-state index < -0.39 is 0 Å². The lowest BCUT2D eigenvalue weighted by molar-refractivity contribution is 0.0941. The molecular weight excluding hydrogens is 328 g/mol. The molecule has 3 aromatic carbocycles. The Morgan fingerprint density at radius 2 is 1.15 bits per heavy atom. The third-order valence-corrected chi connectivity index (χ3v) is 5.75. The molecule has 1 aliphatic heterocycles. The van der Waals surface area contributed by atoms with E-state index in [-0.39, 0.29) is 12.1 Å². The van der Waals surface area contributed by atoms with Crippen molar-refractivity contribution in [3.05, 3.63) is 108 Å². The average molecular weight is 357 g/mol. The molecule has 0 saturated carbocycles. The molecule has 2 unspecified atom stereocenters. The smallest absolute Gasteiger partial charge is 0.0604 e. The number of nitrogens with two attached hydrogens (primary N) is 1. The molecule has 0 spiro atoms. The number of hydrogen-bond donors (Lipinski definition) is 1. The summed E-state index contributed by atoms with van der Waals surface area (Å²) < 4.78 is 0. The summed E-state index contributed by atoms with van der Waals surface area (Å²) in [5, 5.41) is 0. The highest BCUT2D eigenvalue weighted by Crippen LogP contribution is 2.37. The molecule has 2 atom stereocenters. The lowest BCUT2D eigenvalue weighted by atomic mass is 9.87. The van der Waals surface area contributed by atoms with Crippen molar-refractivity contribution in [2.45, 2.75) is 37.4 Å². The molecule has 0 bridgehead atoms. The largest absolute Gasteiger partial charge is 0.323 e. The van der Waals surface area contributed by atoms with E-state index in [1.54, 1.807) is 0 Å². The molecule has 27 heavy (non-hydrogen) atoms. The average Bonchev–Trinajstić information content (AvgIpc) is 2.76. The van der Waals surface area contributed by atoms with E-state index in [1.165, 1.54) is 29.5 Å². The number of hydrogen-bond acceptors (Lipinski definition) is 2. The van der Waals surface area contributed by atoms with Crippen molar-refractivity contribution in [3.8, 4) is 0 Å². The van der Waals surface area contributed by atoms with Gasteiger partial charge in [0.05, 0.1) is 6.04 Å². The van der Waals surface area contributed by atoms with E-state index in [4.69, 9.17) is 5.73 Å². The summed E-state index contributed by atoms with van der Waals surface area (Å²) in [5.74, 6) is 0. The van der Waals surface area contributed by atoms with Gasteiger partial charge in [-0.05, 0) is 36.1 Å². The zero-order chi connectivity index (χ0) is 18.5. The summed E-state index contributed by atoms with van der Waals surface area (Å²) in [6.07, 6.45) is 3.62. The first-order chi connectivity index (χ1) is 13.3. The Morgan fingerprint density at radius 3 is 1.67 bits per heavy atom. The molecule has 4 rings (SSSR count). The molecule has 2 heteroatoms. The Kier molecular flexibility index (Phi) is 5.66. The van der Waals surface area contributed by atoms with Gasteiger partial charge in [0, 0.05) is 12.1 Å². The van der Waals surface area contributed by atoms with Crippen LogP contribution in [-0.2, 0) is 0 Å². The lowest BCUT2D eigenvalue weighted by Gasteiger charge is -2.44. The summed E-state index contributed by atoms with van der Waals surface area (Å²) in [6, 6.07) is 32.9. The molecule has 3 aromatic rings. The van der Waals surface area contributed by atoms with Crippen LogP contribution < -0.4 is 5.73 Å². The summed E-state index contributed by atoms with van der Waals surface area (Å²) in [7, 11) is 0. The maximum absolute atomic E-state index is 6.81. The predicted octanol–water partition coefficient (Wildman–Crippen LogP) is 5.33. The second kappa shape index (κ2) is 8.51. The Bertz CT molecular complexity index is 777. The topological polar surface area (TPSA) is 29.3 Å². The minimum absolute atomic E-state index is 0.0291. The second-order valence-corrected chi connectivity index (χ2v) is 7.46. The number of benzene rings is 3. The zero-order valence-corrected chi connectivity index (χ0v) is 15.7. The monoisotopic (exact) mass is 356 g/mol. The molecule has 0 aromatic heterocycles. The van der Waals surface area contributed by atoms with Gasteiger partial charge in [-0.3, -0.25) is 4.90 Å². The van der Waals surface area contributed by atoms with Crippen LogP contribution in [0.3, 0.4) is 0 Å². The molecule has 138 valence electrons. The summed E-state index contributed by atoms with van der Waals surface area (Å²) in [5.41, 5.74) is 10.7. The maximum atomic E-state index is 6.81. The summed E-state index contributed by atoms with van der Waals surface area (Å²) in [4.78, 5) is 2.64. The predicted molar refractivity (Wildman–Crippen MR) is 112 cm³/mol. The third-order valence-electron chi connectivity index (χ3n) is 5.75. The van der Waals surface area contributed by atoms with Crippen molar-refractivity contribution in [1.82, 2.24) is 4.90 Å². The van der Waals surface area contributed by atoms with Crippen LogP contribution in [0.5, 0.6) is 0 Å². The first kappa shape index (κ1) is 18.0. The number of rotatable bonds is 5. The zero-order valence-electron chi connectivity index (χ0n) is 15.7. The van der Waals surface area contributed by atoms with Crippen LogP contribution in [0.15, 0.2) is 91.0 Å². The van der Waals surface area contributed by atoms with E-state index in [9.17, 15) is 0 Å². The van der Waals surface area contributed by atoms with Gasteiger partial charge in [0.25, 0.3) is 0 Å². The molecule has 0 aliphatic carbocycles. The van der Waals surface area contributed by atoms with Gasteiger partial charge < -0.3 is 5.73 Å². The quantitative estimate of drug-likeness (QED) is 0.669. The van der Waals surface area contributed by atoms with Gasteiger partial charge in [0.1, 0.15) is 0 Å². The van der Waals surface area contributed by atoms with Gasteiger partial charge in [-0.2, -0.15) is 0 Å². The molecule has 1 saturated heterocycles. The van der Waals surface area contributed by atoms with E-state index in [0.717, 1.165) is 13.0 Å². The van der Waals surface area contributed by atoms with Crippen molar-refractivity contribution < 1.29 is 0 Å². The van der Waals surface area contributed by atoms with Crippen molar-refractivity contribution in [2.24, 2.45) is 5.73 Å². The highest BCUT2D eigenvalue weighted by Gasteiger charge is 2.34. The first-order valence-corrected chi connectivity index (χ1v) is 10.0. The minimum atomic E-state index is 0.0291. The maximum Gasteiger partial charge on any atom is 0.0604 e. The summed E-state index contributed by atoms with van der Waals surface area (Å²) in [6.45, 7) is 1.08. The van der Waals surface area contributed by atoms with E-state index in [2.05, 4.69) is 95.9 Å². The minimum Gasteiger partial charge on any atom is -0.323 e. The van der Waals surface area contributed by atoms with Crippen molar-refractivity contribution in [2.75, 3.05) is 6.54 Å². The van der Waals surface area contributed by atoms with E-state index in [0.29, 0.717) is 6.04 Å². The van der Waals surface area contributed by atoms with Crippen molar-refractivity contribution in [3.63, 3.8) is 0 Å². The number of likely N-dealkylation sites (tertiary alicyclic amines) is 1. The molecule has 2 nitrogen and oxygen atoms in total. The fourth-order valence-electron chi connectivity index (χ4n) is 4.43. The van der Waals surface area contributed by atoms with E-state index >= 15 is 0 Å². The Labute approximate surface area is 162 Å². The highest BCUT2D eigenvalue weighted by molar-refractivity contribution is 5.33. The molecule has 0 radical (unpaired) electrons. The van der Waals surface area contributed by atoms with Crippen molar-refractivity contribution >= 4 is 0 Å². The Balaban J connectivity index is 1.73. The molecule has 0 amide bonds. The molecule has 1 aliphatic rings. The SMILES string of the molecule is NC(c1ccccc1)C1CCCCN1C(c1ccccc1)c1ccccc1.